The molecule has 2 fully saturated rings. The van der Waals surface area contributed by atoms with E-state index in [0.29, 0.717) is 12.0 Å². The van der Waals surface area contributed by atoms with E-state index in [1.165, 1.54) is 0 Å². The van der Waals surface area contributed by atoms with Crippen LogP contribution in [0.5, 0.6) is 0 Å². The average molecular weight is 332 g/mol. The maximum atomic E-state index is 5.63. The van der Waals surface area contributed by atoms with E-state index in [2.05, 4.69) is 25.3 Å². The van der Waals surface area contributed by atoms with Crippen LogP contribution < -0.4 is 5.32 Å². The van der Waals surface area contributed by atoms with Crippen LogP contribution in [0.4, 0.5) is 5.82 Å². The highest BCUT2D eigenvalue weighted by molar-refractivity contribution is 5.85. The molecule has 0 amide bonds. The van der Waals surface area contributed by atoms with Crippen molar-refractivity contribution in [3.05, 3.63) is 12.5 Å². The van der Waals surface area contributed by atoms with Gasteiger partial charge in [-0.2, -0.15) is 5.10 Å². The van der Waals surface area contributed by atoms with Crippen LogP contribution in [-0.4, -0.2) is 76.8 Å². The molecule has 4 heterocycles. The molecule has 8 nitrogen and oxygen atoms in total. The number of rotatable bonds is 5. The predicted octanol–water partition coefficient (Wildman–Crippen LogP) is 0.513. The number of morpholine rings is 1. The van der Waals surface area contributed by atoms with Gasteiger partial charge in [-0.1, -0.05) is 0 Å². The Morgan fingerprint density at radius 1 is 1.25 bits per heavy atom. The van der Waals surface area contributed by atoms with Crippen molar-refractivity contribution >= 4 is 16.9 Å². The second-order valence-corrected chi connectivity index (χ2v) is 6.45. The van der Waals surface area contributed by atoms with E-state index in [0.717, 1.165) is 69.3 Å². The fourth-order valence-electron chi connectivity index (χ4n) is 3.66. The molecule has 0 radical (unpaired) electrons. The maximum absolute atomic E-state index is 5.63. The standard InChI is InChI=1S/C16H24N6O2/c1-21-16-13(8-20-21)15(18-11-19-16)17-9-14(12-2-5-24-10-12)22-3-6-23-7-4-22/h8,11-12,14H,2-7,9-10H2,1H3,(H,17,18,19). The second kappa shape index (κ2) is 7.00. The van der Waals surface area contributed by atoms with E-state index in [9.17, 15) is 0 Å². The first-order chi connectivity index (χ1) is 11.8. The smallest absolute Gasteiger partial charge is 0.163 e. The number of hydrogen-bond donors (Lipinski definition) is 1. The van der Waals surface area contributed by atoms with Crippen molar-refractivity contribution in [2.24, 2.45) is 13.0 Å². The summed E-state index contributed by atoms with van der Waals surface area (Å²) in [4.78, 5) is 11.2. The van der Waals surface area contributed by atoms with Crippen LogP contribution in [0, 0.1) is 5.92 Å². The predicted molar refractivity (Wildman–Crippen MR) is 89.9 cm³/mol. The normalized spacial score (nSPS) is 23.6. The molecule has 2 aromatic rings. The molecular formula is C16H24N6O2. The molecule has 2 unspecified atom stereocenters. The zero-order chi connectivity index (χ0) is 16.4. The van der Waals surface area contributed by atoms with Gasteiger partial charge in [0.2, 0.25) is 0 Å². The average Bonchev–Trinajstić information content (AvgIpc) is 3.27. The first-order valence-electron chi connectivity index (χ1n) is 8.59. The van der Waals surface area contributed by atoms with Crippen LogP contribution in [0.3, 0.4) is 0 Å². The van der Waals surface area contributed by atoms with Gasteiger partial charge in [0.1, 0.15) is 12.1 Å². The largest absolute Gasteiger partial charge is 0.381 e. The van der Waals surface area contributed by atoms with Gasteiger partial charge in [0, 0.05) is 45.2 Å². The van der Waals surface area contributed by atoms with Crippen molar-refractivity contribution in [3.63, 3.8) is 0 Å². The Morgan fingerprint density at radius 2 is 2.12 bits per heavy atom. The van der Waals surface area contributed by atoms with Gasteiger partial charge in [-0.3, -0.25) is 9.58 Å². The summed E-state index contributed by atoms with van der Waals surface area (Å²) in [6.45, 7) is 6.13. The molecule has 0 aliphatic carbocycles. The summed E-state index contributed by atoms with van der Waals surface area (Å²) in [7, 11) is 1.89. The van der Waals surface area contributed by atoms with Crippen molar-refractivity contribution in [2.75, 3.05) is 51.4 Å². The summed E-state index contributed by atoms with van der Waals surface area (Å²) in [6.07, 6.45) is 4.53. The third-order valence-corrected chi connectivity index (χ3v) is 5.03. The van der Waals surface area contributed by atoms with Crippen LogP contribution in [-0.2, 0) is 16.5 Å². The van der Waals surface area contributed by atoms with Gasteiger partial charge in [-0.15, -0.1) is 0 Å². The van der Waals surface area contributed by atoms with Gasteiger partial charge in [0.25, 0.3) is 0 Å². The molecule has 8 heteroatoms. The first-order valence-corrected chi connectivity index (χ1v) is 8.59. The zero-order valence-corrected chi connectivity index (χ0v) is 14.0. The lowest BCUT2D eigenvalue weighted by atomic mass is 9.97. The summed E-state index contributed by atoms with van der Waals surface area (Å²) in [6, 6.07) is 0.429. The summed E-state index contributed by atoms with van der Waals surface area (Å²) < 4.78 is 12.9. The van der Waals surface area contributed by atoms with Gasteiger partial charge in [-0.25, -0.2) is 9.97 Å². The third kappa shape index (κ3) is 3.09. The molecule has 2 saturated heterocycles. The number of aryl methyl sites for hydroxylation is 1. The molecular weight excluding hydrogens is 308 g/mol. The Hall–Kier alpha value is -1.77. The fourth-order valence-corrected chi connectivity index (χ4v) is 3.66. The number of fused-ring (bicyclic) bond motifs is 1. The SMILES string of the molecule is Cn1ncc2c(NCC(C3CCOC3)N3CCOCC3)ncnc21. The van der Waals surface area contributed by atoms with Crippen molar-refractivity contribution in [1.82, 2.24) is 24.6 Å². The molecule has 2 aliphatic rings. The van der Waals surface area contributed by atoms with E-state index >= 15 is 0 Å². The highest BCUT2D eigenvalue weighted by Crippen LogP contribution is 2.24. The van der Waals surface area contributed by atoms with E-state index in [4.69, 9.17) is 9.47 Å². The van der Waals surface area contributed by atoms with Gasteiger partial charge < -0.3 is 14.8 Å². The number of ether oxygens (including phenoxy) is 2. The summed E-state index contributed by atoms with van der Waals surface area (Å²) in [5, 5.41) is 8.77. The number of nitrogens with zero attached hydrogens (tertiary/aromatic N) is 5. The van der Waals surface area contributed by atoms with Crippen LogP contribution in [0.15, 0.2) is 12.5 Å². The van der Waals surface area contributed by atoms with Crippen molar-refractivity contribution in [2.45, 2.75) is 12.5 Å². The molecule has 0 bridgehead atoms. The highest BCUT2D eigenvalue weighted by Gasteiger charge is 2.31. The van der Waals surface area contributed by atoms with Crippen molar-refractivity contribution in [3.8, 4) is 0 Å². The molecule has 0 aromatic carbocycles. The highest BCUT2D eigenvalue weighted by atomic mass is 16.5. The molecule has 0 saturated carbocycles. The zero-order valence-electron chi connectivity index (χ0n) is 14.0. The van der Waals surface area contributed by atoms with Crippen LogP contribution in [0.25, 0.3) is 11.0 Å². The Bertz CT molecular complexity index is 678. The minimum absolute atomic E-state index is 0.429. The summed E-state index contributed by atoms with van der Waals surface area (Å²) >= 11 is 0. The minimum Gasteiger partial charge on any atom is -0.381 e. The molecule has 130 valence electrons. The monoisotopic (exact) mass is 332 g/mol. The first kappa shape index (κ1) is 15.7. The molecule has 0 spiro atoms. The van der Waals surface area contributed by atoms with E-state index in [1.54, 1.807) is 11.0 Å². The number of anilines is 1. The Morgan fingerprint density at radius 3 is 2.92 bits per heavy atom. The third-order valence-electron chi connectivity index (χ3n) is 5.03. The van der Waals surface area contributed by atoms with E-state index < -0.39 is 0 Å². The summed E-state index contributed by atoms with van der Waals surface area (Å²) in [5.41, 5.74) is 0.847. The molecule has 2 aliphatic heterocycles. The van der Waals surface area contributed by atoms with Gasteiger partial charge in [0.15, 0.2) is 5.65 Å². The Balaban J connectivity index is 1.51. The van der Waals surface area contributed by atoms with E-state index in [-0.39, 0.29) is 0 Å². The van der Waals surface area contributed by atoms with Crippen LogP contribution in [0.1, 0.15) is 6.42 Å². The minimum atomic E-state index is 0.429. The quantitative estimate of drug-likeness (QED) is 0.855. The summed E-state index contributed by atoms with van der Waals surface area (Å²) in [5.74, 6) is 1.41. The number of aromatic nitrogens is 4. The Kier molecular flexibility index (Phi) is 4.59. The number of nitrogens with one attached hydrogen (secondary N) is 1. The van der Waals surface area contributed by atoms with Crippen molar-refractivity contribution in [1.29, 1.82) is 0 Å². The molecule has 24 heavy (non-hydrogen) atoms. The lowest BCUT2D eigenvalue weighted by Gasteiger charge is -2.37. The van der Waals surface area contributed by atoms with Crippen molar-refractivity contribution < 1.29 is 9.47 Å². The van der Waals surface area contributed by atoms with Crippen LogP contribution in [0.2, 0.25) is 0 Å². The number of hydrogen-bond acceptors (Lipinski definition) is 7. The van der Waals surface area contributed by atoms with Crippen LogP contribution >= 0.6 is 0 Å². The molecule has 4 rings (SSSR count). The lowest BCUT2D eigenvalue weighted by Crippen LogP contribution is -2.50. The second-order valence-electron chi connectivity index (χ2n) is 6.45. The van der Waals surface area contributed by atoms with E-state index in [1.807, 2.05) is 13.2 Å². The van der Waals surface area contributed by atoms with Gasteiger partial charge >= 0.3 is 0 Å². The Labute approximate surface area is 141 Å². The lowest BCUT2D eigenvalue weighted by molar-refractivity contribution is 0.00460. The molecule has 1 N–H and O–H groups in total. The van der Waals surface area contributed by atoms with Gasteiger partial charge in [0.05, 0.1) is 31.4 Å². The fraction of sp³-hybridized carbons (Fsp3) is 0.688. The maximum Gasteiger partial charge on any atom is 0.163 e. The molecule has 2 aromatic heterocycles. The topological polar surface area (TPSA) is 77.3 Å². The molecule has 2 atom stereocenters. The van der Waals surface area contributed by atoms with Gasteiger partial charge in [-0.05, 0) is 6.42 Å².